The number of urea groups is 1. The fourth-order valence-electron chi connectivity index (χ4n) is 1.00. The molecule has 0 radical (unpaired) electrons. The molecule has 0 aliphatic carbocycles. The number of carbonyl (C=O) groups excluding carboxylic acids is 2. The molecule has 0 aromatic carbocycles. The van der Waals surface area contributed by atoms with Gasteiger partial charge in [-0.3, -0.25) is 10.1 Å². The number of carbonyl (C=O) groups is 2. The maximum atomic E-state index is 11.2. The van der Waals surface area contributed by atoms with Gasteiger partial charge in [0.25, 0.3) is 0 Å². The Morgan fingerprint density at radius 2 is 2.33 bits per heavy atom. The van der Waals surface area contributed by atoms with E-state index in [9.17, 15) is 9.59 Å². The molecule has 1 rings (SSSR count). The van der Waals surface area contributed by atoms with Gasteiger partial charge in [-0.25, -0.2) is 4.79 Å². The third-order valence-corrected chi connectivity index (χ3v) is 1.93. The summed E-state index contributed by atoms with van der Waals surface area (Å²) in [6, 6.07) is 2.55. The van der Waals surface area contributed by atoms with Gasteiger partial charge in [0.15, 0.2) is 0 Å². The summed E-state index contributed by atoms with van der Waals surface area (Å²) in [7, 11) is 0. The molecular weight excluding hydrogens is 220 g/mol. The average Bonchev–Trinajstić information content (AvgIpc) is 2.70. The first-order valence-corrected chi connectivity index (χ1v) is 4.86. The molecule has 2 N–H and O–H groups in total. The van der Waals surface area contributed by atoms with E-state index in [4.69, 9.17) is 16.0 Å². The normalized spacial score (nSPS) is 11.9. The second-order valence-electron chi connectivity index (χ2n) is 2.89. The Balaban J connectivity index is 2.42. The van der Waals surface area contributed by atoms with Crippen molar-refractivity contribution in [3.8, 4) is 0 Å². The maximum absolute atomic E-state index is 11.2. The predicted molar refractivity (Wildman–Crippen MR) is 54.5 cm³/mol. The predicted octanol–water partition coefficient (Wildman–Crippen LogP) is 1.41. The van der Waals surface area contributed by atoms with Gasteiger partial charge in [-0.2, -0.15) is 0 Å². The Morgan fingerprint density at radius 1 is 1.60 bits per heavy atom. The molecular formula is C9H11ClN2O3. The summed E-state index contributed by atoms with van der Waals surface area (Å²) in [6.45, 7) is 1.74. The molecule has 1 aromatic heterocycles. The Kier molecular flexibility index (Phi) is 4.17. The van der Waals surface area contributed by atoms with E-state index >= 15 is 0 Å². The molecule has 5 nitrogen and oxygen atoms in total. The van der Waals surface area contributed by atoms with E-state index in [2.05, 4.69) is 10.6 Å². The summed E-state index contributed by atoms with van der Waals surface area (Å²) >= 11 is 5.22. The van der Waals surface area contributed by atoms with Crippen LogP contribution in [0.5, 0.6) is 0 Å². The molecule has 0 saturated carbocycles. The summed E-state index contributed by atoms with van der Waals surface area (Å²) in [6.07, 6.45) is 1.51. The number of halogens is 1. The Labute approximate surface area is 91.8 Å². The molecule has 1 unspecified atom stereocenters. The number of furan rings is 1. The van der Waals surface area contributed by atoms with Gasteiger partial charge in [0.05, 0.1) is 12.3 Å². The minimum Gasteiger partial charge on any atom is -0.467 e. The van der Waals surface area contributed by atoms with Crippen LogP contribution in [0.2, 0.25) is 0 Å². The first kappa shape index (κ1) is 11.6. The van der Waals surface area contributed by atoms with Gasteiger partial charge in [-0.15, -0.1) is 11.6 Å². The monoisotopic (exact) mass is 230 g/mol. The maximum Gasteiger partial charge on any atom is 0.322 e. The van der Waals surface area contributed by atoms with Crippen LogP contribution in [0.25, 0.3) is 0 Å². The van der Waals surface area contributed by atoms with Crippen molar-refractivity contribution in [3.05, 3.63) is 24.2 Å². The lowest BCUT2D eigenvalue weighted by Crippen LogP contribution is -2.41. The third kappa shape index (κ3) is 3.63. The van der Waals surface area contributed by atoms with Crippen molar-refractivity contribution in [1.82, 2.24) is 10.6 Å². The number of hydrogen-bond acceptors (Lipinski definition) is 3. The molecule has 0 saturated heterocycles. The minimum absolute atomic E-state index is 0.247. The zero-order valence-electron chi connectivity index (χ0n) is 8.12. The van der Waals surface area contributed by atoms with Gasteiger partial charge in [-0.1, -0.05) is 0 Å². The van der Waals surface area contributed by atoms with Crippen LogP contribution in [0.4, 0.5) is 4.79 Å². The Morgan fingerprint density at radius 3 is 2.87 bits per heavy atom. The summed E-state index contributed by atoms with van der Waals surface area (Å²) in [5.74, 6) is -0.174. The van der Waals surface area contributed by atoms with Gasteiger partial charge in [-0.05, 0) is 19.1 Å². The van der Waals surface area contributed by atoms with Crippen LogP contribution in [0.3, 0.4) is 0 Å². The van der Waals surface area contributed by atoms with Crippen molar-refractivity contribution in [2.75, 3.05) is 5.88 Å². The summed E-state index contributed by atoms with van der Waals surface area (Å²) < 4.78 is 5.07. The van der Waals surface area contributed by atoms with E-state index in [0.717, 1.165) is 0 Å². The van der Waals surface area contributed by atoms with Crippen LogP contribution >= 0.6 is 11.6 Å². The quantitative estimate of drug-likeness (QED) is 0.772. The van der Waals surface area contributed by atoms with Crippen molar-refractivity contribution in [1.29, 1.82) is 0 Å². The van der Waals surface area contributed by atoms with Gasteiger partial charge in [0, 0.05) is 0 Å². The third-order valence-electron chi connectivity index (χ3n) is 1.69. The Bertz CT molecular complexity index is 337. The van der Waals surface area contributed by atoms with Gasteiger partial charge < -0.3 is 9.73 Å². The number of hydrogen-bond donors (Lipinski definition) is 2. The lowest BCUT2D eigenvalue weighted by molar-refractivity contribution is -0.117. The van der Waals surface area contributed by atoms with Crippen LogP contribution in [-0.2, 0) is 4.79 Å². The lowest BCUT2D eigenvalue weighted by atomic mass is 10.2. The molecule has 0 bridgehead atoms. The van der Waals surface area contributed by atoms with Crippen LogP contribution < -0.4 is 10.6 Å². The minimum atomic E-state index is -0.593. The second-order valence-corrected chi connectivity index (χ2v) is 3.16. The lowest BCUT2D eigenvalue weighted by Gasteiger charge is -2.10. The average molecular weight is 231 g/mol. The van der Waals surface area contributed by atoms with Crippen molar-refractivity contribution < 1.29 is 14.0 Å². The van der Waals surface area contributed by atoms with E-state index in [0.29, 0.717) is 5.76 Å². The molecule has 82 valence electrons. The highest BCUT2D eigenvalue weighted by atomic mass is 35.5. The summed E-state index contributed by atoms with van der Waals surface area (Å²) in [5, 5.41) is 4.58. The molecule has 0 spiro atoms. The second kappa shape index (κ2) is 5.41. The zero-order valence-corrected chi connectivity index (χ0v) is 8.88. The van der Waals surface area contributed by atoms with E-state index in [1.807, 2.05) is 0 Å². The molecule has 15 heavy (non-hydrogen) atoms. The number of nitrogens with one attached hydrogen (secondary N) is 2. The molecule has 1 heterocycles. The fraction of sp³-hybridized carbons (Fsp3) is 0.333. The smallest absolute Gasteiger partial charge is 0.322 e. The Hall–Kier alpha value is -1.49. The van der Waals surface area contributed by atoms with E-state index in [1.54, 1.807) is 19.1 Å². The van der Waals surface area contributed by atoms with E-state index in [1.165, 1.54) is 6.26 Å². The van der Waals surface area contributed by atoms with Crippen molar-refractivity contribution >= 4 is 23.5 Å². The highest BCUT2D eigenvalue weighted by molar-refractivity contribution is 6.28. The van der Waals surface area contributed by atoms with Gasteiger partial charge in [0.1, 0.15) is 11.6 Å². The molecule has 0 fully saturated rings. The van der Waals surface area contributed by atoms with Crippen LogP contribution in [0.15, 0.2) is 22.8 Å². The number of alkyl halides is 1. The van der Waals surface area contributed by atoms with Crippen molar-refractivity contribution in [2.45, 2.75) is 13.0 Å². The topological polar surface area (TPSA) is 71.3 Å². The largest absolute Gasteiger partial charge is 0.467 e. The van der Waals surface area contributed by atoms with E-state index < -0.39 is 11.9 Å². The van der Waals surface area contributed by atoms with Crippen molar-refractivity contribution in [2.24, 2.45) is 0 Å². The first-order chi connectivity index (χ1) is 7.13. The van der Waals surface area contributed by atoms with Crippen LogP contribution in [0.1, 0.15) is 18.7 Å². The van der Waals surface area contributed by atoms with Crippen LogP contribution in [-0.4, -0.2) is 17.8 Å². The highest BCUT2D eigenvalue weighted by Crippen LogP contribution is 2.11. The number of imide groups is 1. The van der Waals surface area contributed by atoms with Crippen LogP contribution in [0, 0.1) is 0 Å². The highest BCUT2D eigenvalue weighted by Gasteiger charge is 2.12. The van der Waals surface area contributed by atoms with Crippen molar-refractivity contribution in [3.63, 3.8) is 0 Å². The number of rotatable bonds is 3. The first-order valence-electron chi connectivity index (χ1n) is 4.33. The fourth-order valence-corrected chi connectivity index (χ4v) is 1.07. The summed E-state index contributed by atoms with van der Waals surface area (Å²) in [5.41, 5.74) is 0. The zero-order chi connectivity index (χ0) is 11.3. The SMILES string of the molecule is CC(NC(=O)NC(=O)CCl)c1ccco1. The molecule has 6 heteroatoms. The molecule has 0 aliphatic rings. The van der Waals surface area contributed by atoms with Gasteiger partial charge >= 0.3 is 6.03 Å². The number of amides is 3. The molecule has 1 atom stereocenters. The molecule has 1 aromatic rings. The van der Waals surface area contributed by atoms with E-state index in [-0.39, 0.29) is 11.9 Å². The summed E-state index contributed by atoms with van der Waals surface area (Å²) in [4.78, 5) is 21.9. The van der Waals surface area contributed by atoms with Gasteiger partial charge in [0.2, 0.25) is 5.91 Å². The standard InChI is InChI=1S/C9H11ClN2O3/c1-6(7-3-2-4-15-7)11-9(14)12-8(13)5-10/h2-4,6H,5H2,1H3,(H2,11,12,13,14). The molecule has 0 aliphatic heterocycles. The molecule has 3 amide bonds.